The smallest absolute Gasteiger partial charge is 0.419 e. The van der Waals surface area contributed by atoms with Gasteiger partial charge >= 0.3 is 12.1 Å². The Bertz CT molecular complexity index is 1980. The van der Waals surface area contributed by atoms with Crippen molar-refractivity contribution in [3.8, 4) is 34.1 Å². The Kier molecular flexibility index (Phi) is 11.2. The van der Waals surface area contributed by atoms with E-state index in [9.17, 15) is 28.2 Å². The van der Waals surface area contributed by atoms with Gasteiger partial charge in [0.1, 0.15) is 11.9 Å². The molecule has 282 valence electrons. The molecule has 0 radical (unpaired) electrons. The van der Waals surface area contributed by atoms with Crippen molar-refractivity contribution >= 4 is 23.4 Å². The first-order valence-corrected chi connectivity index (χ1v) is 17.8. The molecule has 14 heteroatoms. The van der Waals surface area contributed by atoms with Crippen molar-refractivity contribution in [1.29, 1.82) is 0 Å². The molecule has 10 nitrogen and oxygen atoms in total. The van der Waals surface area contributed by atoms with Crippen molar-refractivity contribution in [1.82, 2.24) is 20.6 Å². The lowest BCUT2D eigenvalue weighted by atomic mass is 9.72. The lowest BCUT2D eigenvalue weighted by Crippen LogP contribution is -2.44. The largest absolute Gasteiger partial charge is 0.481 e. The molecule has 1 saturated carbocycles. The lowest BCUT2D eigenvalue weighted by Gasteiger charge is -2.41. The Morgan fingerprint density at radius 2 is 1.68 bits per heavy atom. The average molecular weight is 754 g/mol. The summed E-state index contributed by atoms with van der Waals surface area (Å²) >= 11 is 7.11. The molecule has 2 aromatic carbocycles. The zero-order valence-electron chi connectivity index (χ0n) is 29.9. The van der Waals surface area contributed by atoms with Gasteiger partial charge in [-0.1, -0.05) is 54.1 Å². The van der Waals surface area contributed by atoms with Crippen LogP contribution in [0.15, 0.2) is 54.6 Å². The molecule has 2 aliphatic carbocycles. The SMILES string of the molecule is COc1nc(-c2cccc(-c3cccc4c3CC[C@@H]4Nc3nc(OC)c(CN[C@@H](C)C(=O)O)cc3C(F)(F)F)c2Cl)ccc1CNCC1CC(C)(O)C1. The van der Waals surface area contributed by atoms with Crippen LogP contribution < -0.4 is 25.4 Å². The van der Waals surface area contributed by atoms with Gasteiger partial charge in [0.2, 0.25) is 11.8 Å². The van der Waals surface area contributed by atoms with Crippen molar-refractivity contribution in [2.24, 2.45) is 5.92 Å². The number of alkyl halides is 3. The Balaban J connectivity index is 1.24. The molecule has 2 atom stereocenters. The minimum atomic E-state index is -4.74. The van der Waals surface area contributed by atoms with Crippen LogP contribution in [0.3, 0.4) is 0 Å². The molecule has 0 unspecified atom stereocenters. The number of aliphatic carboxylic acids is 1. The van der Waals surface area contributed by atoms with Crippen LogP contribution in [0.5, 0.6) is 11.8 Å². The minimum Gasteiger partial charge on any atom is -0.481 e. The Hall–Kier alpha value is -4.43. The molecule has 2 heterocycles. The summed E-state index contributed by atoms with van der Waals surface area (Å²) in [7, 11) is 2.88. The third-order valence-corrected chi connectivity index (χ3v) is 10.4. The number of fused-ring (bicyclic) bond motifs is 1. The maximum Gasteiger partial charge on any atom is 0.419 e. The van der Waals surface area contributed by atoms with E-state index in [0.29, 0.717) is 47.5 Å². The summed E-state index contributed by atoms with van der Waals surface area (Å²) in [5, 5.41) is 28.9. The Labute approximate surface area is 311 Å². The van der Waals surface area contributed by atoms with Crippen LogP contribution in [-0.2, 0) is 30.5 Å². The number of nitrogens with one attached hydrogen (secondary N) is 3. The first-order valence-electron chi connectivity index (χ1n) is 17.4. The molecule has 0 aliphatic heterocycles. The molecule has 2 aliphatic rings. The second-order valence-corrected chi connectivity index (χ2v) is 14.4. The van der Waals surface area contributed by atoms with Gasteiger partial charge < -0.3 is 35.6 Å². The summed E-state index contributed by atoms with van der Waals surface area (Å²) in [5.41, 5.74) is 4.23. The van der Waals surface area contributed by atoms with E-state index in [2.05, 4.69) is 20.9 Å². The summed E-state index contributed by atoms with van der Waals surface area (Å²) in [4.78, 5) is 20.2. The molecule has 1 fully saturated rings. The van der Waals surface area contributed by atoms with Crippen molar-refractivity contribution in [3.05, 3.63) is 87.4 Å². The molecule has 0 saturated heterocycles. The lowest BCUT2D eigenvalue weighted by molar-refractivity contribution is -0.139. The maximum absolute atomic E-state index is 14.4. The van der Waals surface area contributed by atoms with E-state index >= 15 is 0 Å². The maximum atomic E-state index is 14.4. The number of anilines is 1. The molecule has 0 bridgehead atoms. The zero-order chi connectivity index (χ0) is 38.1. The van der Waals surface area contributed by atoms with Crippen LogP contribution in [-0.4, -0.2) is 58.6 Å². The Morgan fingerprint density at radius 1 is 1.00 bits per heavy atom. The topological polar surface area (TPSA) is 138 Å². The number of carboxylic acid groups (broad SMARTS) is 1. The predicted octanol–water partition coefficient (Wildman–Crippen LogP) is 7.41. The molecule has 5 N–H and O–H groups in total. The monoisotopic (exact) mass is 753 g/mol. The third-order valence-electron chi connectivity index (χ3n) is 10.0. The van der Waals surface area contributed by atoms with E-state index in [1.54, 1.807) is 7.11 Å². The van der Waals surface area contributed by atoms with Gasteiger partial charge in [0, 0.05) is 35.3 Å². The number of halogens is 4. The Morgan fingerprint density at radius 3 is 2.36 bits per heavy atom. The molecule has 0 spiro atoms. The van der Waals surface area contributed by atoms with Crippen LogP contribution in [0, 0.1) is 5.92 Å². The highest BCUT2D eigenvalue weighted by Crippen LogP contribution is 2.45. The van der Waals surface area contributed by atoms with Gasteiger partial charge in [0.05, 0.1) is 42.1 Å². The fourth-order valence-electron chi connectivity index (χ4n) is 7.35. The van der Waals surface area contributed by atoms with Crippen molar-refractivity contribution in [2.45, 2.75) is 76.5 Å². The van der Waals surface area contributed by atoms with E-state index < -0.39 is 35.4 Å². The summed E-state index contributed by atoms with van der Waals surface area (Å²) in [6, 6.07) is 14.8. The number of hydrogen-bond acceptors (Lipinski definition) is 9. The van der Waals surface area contributed by atoms with Gasteiger partial charge in [-0.05, 0) is 80.8 Å². The number of nitrogens with zero attached hydrogens (tertiary/aromatic N) is 2. The van der Waals surface area contributed by atoms with Gasteiger partial charge in [-0.25, -0.2) is 4.98 Å². The average Bonchev–Trinajstić information content (AvgIpc) is 3.52. The number of aromatic nitrogens is 2. The summed E-state index contributed by atoms with van der Waals surface area (Å²) in [5.74, 6) is -0.634. The van der Waals surface area contributed by atoms with Gasteiger partial charge in [-0.3, -0.25) is 4.79 Å². The van der Waals surface area contributed by atoms with E-state index in [4.69, 9.17) is 26.1 Å². The number of ether oxygens (including phenoxy) is 2. The third kappa shape index (κ3) is 8.38. The molecule has 4 aromatic rings. The summed E-state index contributed by atoms with van der Waals surface area (Å²) < 4.78 is 54.1. The van der Waals surface area contributed by atoms with Gasteiger partial charge in [0.15, 0.2) is 0 Å². The number of carboxylic acids is 1. The second kappa shape index (κ2) is 15.5. The number of rotatable bonds is 14. The number of methoxy groups -OCH3 is 2. The predicted molar refractivity (Wildman–Crippen MR) is 196 cm³/mol. The summed E-state index contributed by atoms with van der Waals surface area (Å²) in [6.45, 7) is 4.43. The molecular weight excluding hydrogens is 711 g/mol. The first-order chi connectivity index (χ1) is 25.2. The van der Waals surface area contributed by atoms with Crippen molar-refractivity contribution in [3.63, 3.8) is 0 Å². The number of hydrogen-bond donors (Lipinski definition) is 5. The highest BCUT2D eigenvalue weighted by molar-refractivity contribution is 6.36. The molecule has 0 amide bonds. The minimum absolute atomic E-state index is 0.0421. The highest BCUT2D eigenvalue weighted by Gasteiger charge is 2.38. The summed E-state index contributed by atoms with van der Waals surface area (Å²) in [6.07, 6.45) is -2.08. The highest BCUT2D eigenvalue weighted by atomic mass is 35.5. The molecule has 53 heavy (non-hydrogen) atoms. The first kappa shape index (κ1) is 38.3. The van der Waals surface area contributed by atoms with Crippen LogP contribution >= 0.6 is 11.6 Å². The second-order valence-electron chi connectivity index (χ2n) is 14.0. The number of aliphatic hydroxyl groups is 1. The van der Waals surface area contributed by atoms with Gasteiger partial charge in [-0.2, -0.15) is 18.2 Å². The van der Waals surface area contributed by atoms with Crippen LogP contribution in [0.1, 0.15) is 67.0 Å². The van der Waals surface area contributed by atoms with Crippen molar-refractivity contribution < 1.29 is 37.7 Å². The standard InChI is InChI=1S/C39H43ClF3N5O5/c1-21(37(49)50)45-20-24-15-30(39(41,42)43)34(48-36(24)53-4)46-31-14-12-26-25(7-5-8-27(26)31)28-9-6-10-29(33(28)40)32-13-11-23(35(47-32)52-3)19-44-18-22-16-38(2,51)17-22/h5-11,13,15,21-22,31,44-45,51H,12,14,16-20H2,1-4H3,(H,46,48)(H,49,50)/t21-,22?,31-,38?/m0/s1. The zero-order valence-corrected chi connectivity index (χ0v) is 30.7. The van der Waals surface area contributed by atoms with Gasteiger partial charge in [0.25, 0.3) is 0 Å². The van der Waals surface area contributed by atoms with E-state index in [-0.39, 0.29) is 23.8 Å². The van der Waals surface area contributed by atoms with Crippen LogP contribution in [0.2, 0.25) is 5.02 Å². The van der Waals surface area contributed by atoms with Crippen molar-refractivity contribution in [2.75, 3.05) is 26.1 Å². The molecule has 2 aromatic heterocycles. The van der Waals surface area contributed by atoms with E-state index in [1.807, 2.05) is 55.5 Å². The fourth-order valence-corrected chi connectivity index (χ4v) is 7.67. The van der Waals surface area contributed by atoms with E-state index in [1.165, 1.54) is 14.0 Å². The fraction of sp³-hybridized carbons (Fsp3) is 0.410. The number of benzene rings is 2. The van der Waals surface area contributed by atoms with Crippen LogP contribution in [0.25, 0.3) is 22.4 Å². The molecule has 6 rings (SSSR count). The normalized spacial score (nSPS) is 20.0. The molecular formula is C39H43ClF3N5O5. The number of pyridine rings is 2. The number of carbonyl (C=O) groups is 1. The van der Waals surface area contributed by atoms with E-state index in [0.717, 1.165) is 53.3 Å². The van der Waals surface area contributed by atoms with Gasteiger partial charge in [-0.15, -0.1) is 0 Å². The van der Waals surface area contributed by atoms with Crippen LogP contribution in [0.4, 0.5) is 19.0 Å². The quantitative estimate of drug-likeness (QED) is 0.0885.